The van der Waals surface area contributed by atoms with Crippen molar-refractivity contribution in [2.24, 2.45) is 0 Å². The number of aromatic nitrogens is 4. The van der Waals surface area contributed by atoms with Gasteiger partial charge in [0.05, 0.1) is 59.0 Å². The molecule has 3 fully saturated rings. The van der Waals surface area contributed by atoms with E-state index in [0.717, 1.165) is 55.5 Å². The molecular weight excluding hydrogens is 825 g/mol. The molecule has 3 saturated heterocycles. The lowest BCUT2D eigenvalue weighted by atomic mass is 9.98. The second-order valence-corrected chi connectivity index (χ2v) is 16.8. The number of fused-ring (bicyclic) bond motifs is 2. The van der Waals surface area contributed by atoms with Crippen molar-refractivity contribution >= 4 is 46.3 Å². The first-order valence-electron chi connectivity index (χ1n) is 22.1. The third-order valence-corrected chi connectivity index (χ3v) is 12.7. The zero-order valence-electron chi connectivity index (χ0n) is 35.3. The highest BCUT2D eigenvalue weighted by molar-refractivity contribution is 6.25. The lowest BCUT2D eigenvalue weighted by molar-refractivity contribution is -0.136. The normalized spacial score (nSPS) is 19.3. The second kappa shape index (κ2) is 18.7. The highest BCUT2D eigenvalue weighted by Crippen LogP contribution is 2.34. The molecule has 5 amide bonds. The van der Waals surface area contributed by atoms with Crippen molar-refractivity contribution in [3.8, 4) is 22.4 Å². The van der Waals surface area contributed by atoms with Gasteiger partial charge in [0.1, 0.15) is 17.7 Å². The fourth-order valence-corrected chi connectivity index (χ4v) is 9.19. The number of nitrogens with zero attached hydrogens (tertiary/aromatic N) is 6. The number of anilines is 1. The van der Waals surface area contributed by atoms with Gasteiger partial charge in [-0.2, -0.15) is 5.10 Å². The molecule has 17 heteroatoms. The summed E-state index contributed by atoms with van der Waals surface area (Å²) in [7, 11) is 0. The van der Waals surface area contributed by atoms with Gasteiger partial charge in [-0.15, -0.1) is 0 Å². The molecule has 15 nitrogen and oxygen atoms in total. The molecule has 0 saturated carbocycles. The molecule has 332 valence electrons. The van der Waals surface area contributed by atoms with Crippen LogP contribution >= 0.6 is 0 Å². The Labute approximate surface area is 367 Å². The maximum atomic E-state index is 15.4. The summed E-state index contributed by atoms with van der Waals surface area (Å²) in [4.78, 5) is 76.1. The Morgan fingerprint density at radius 1 is 0.891 bits per heavy atom. The van der Waals surface area contributed by atoms with E-state index in [4.69, 9.17) is 9.72 Å². The average Bonchev–Trinajstić information content (AvgIpc) is 3.90. The zero-order valence-corrected chi connectivity index (χ0v) is 35.3. The van der Waals surface area contributed by atoms with Gasteiger partial charge >= 0.3 is 0 Å². The van der Waals surface area contributed by atoms with Crippen molar-refractivity contribution in [2.45, 2.75) is 82.4 Å². The number of halogens is 2. The van der Waals surface area contributed by atoms with E-state index in [1.165, 1.54) is 12.1 Å². The van der Waals surface area contributed by atoms with Gasteiger partial charge in [-0.3, -0.25) is 43.9 Å². The largest absolute Gasteiger partial charge is 0.384 e. The van der Waals surface area contributed by atoms with Crippen molar-refractivity contribution in [1.82, 2.24) is 40.2 Å². The van der Waals surface area contributed by atoms with Crippen LogP contribution < -0.4 is 16.0 Å². The summed E-state index contributed by atoms with van der Waals surface area (Å²) in [6, 6.07) is 12.2. The molecule has 0 aliphatic carbocycles. The fourth-order valence-electron chi connectivity index (χ4n) is 9.19. The van der Waals surface area contributed by atoms with Gasteiger partial charge in [-0.1, -0.05) is 31.0 Å². The summed E-state index contributed by atoms with van der Waals surface area (Å²) in [6.07, 6.45) is 10.6. The highest BCUT2D eigenvalue weighted by atomic mass is 19.1. The van der Waals surface area contributed by atoms with Crippen LogP contribution in [0.25, 0.3) is 33.4 Å². The molecule has 2 atom stereocenters. The minimum absolute atomic E-state index is 0.00367. The molecule has 2 aromatic heterocycles. The lowest BCUT2D eigenvalue weighted by Gasteiger charge is -2.32. The summed E-state index contributed by atoms with van der Waals surface area (Å²) in [5.74, 6) is -3.26. The first kappa shape index (κ1) is 42.8. The number of likely N-dealkylation sites (tertiary alicyclic amines) is 1. The van der Waals surface area contributed by atoms with E-state index >= 15 is 8.78 Å². The van der Waals surface area contributed by atoms with Crippen molar-refractivity contribution < 1.29 is 37.5 Å². The van der Waals surface area contributed by atoms with E-state index in [9.17, 15) is 24.0 Å². The predicted molar refractivity (Wildman–Crippen MR) is 232 cm³/mol. The zero-order chi connectivity index (χ0) is 44.3. The lowest BCUT2D eigenvalue weighted by Crippen LogP contribution is -2.54. The smallest absolute Gasteiger partial charge is 0.264 e. The number of carbonyl (C=O) groups excluding carboxylic acids is 5. The highest BCUT2D eigenvalue weighted by Gasteiger charge is 2.45. The molecule has 4 aliphatic heterocycles. The standard InChI is InChI=1S/C47H49F2N9O6/c48-35-21-28(22-36(49)34(35)23-31-25-50-17-20-64-31)32-7-5-10-38-44(32)54-39(26-52-38)29-24-53-57(27-29)30-14-18-56(19-15-30)42(60)11-3-1-2-4-16-51-37-9-6-8-33-43(37)47(63)58(46(33)62)40-12-13-41(59)55-45(40)61/h5-10,21-22,24,26-27,30-31,40,50-51H,1-4,11-20,23,25H2,(H,55,59,61). The van der Waals surface area contributed by atoms with E-state index in [2.05, 4.69) is 26.0 Å². The SMILES string of the molecule is O=C1CCC(N2C(=O)c3cccc(NCCCCCCC(=O)N4CCC(n5cc(-c6cnc7cccc(-c8cc(F)c(CC9CNCCO9)c(F)c8)c7n6)cn5)CC4)c3C2=O)C(=O)N1. The Morgan fingerprint density at radius 3 is 2.45 bits per heavy atom. The molecule has 6 heterocycles. The first-order valence-corrected chi connectivity index (χ1v) is 22.1. The number of unbranched alkanes of at least 4 members (excludes halogenated alkanes) is 3. The number of piperidine rings is 2. The van der Waals surface area contributed by atoms with Crippen molar-refractivity contribution in [1.29, 1.82) is 0 Å². The predicted octanol–water partition coefficient (Wildman–Crippen LogP) is 5.60. The number of imide groups is 2. The van der Waals surface area contributed by atoms with Crippen LogP contribution in [0.4, 0.5) is 14.5 Å². The molecule has 2 unspecified atom stereocenters. The van der Waals surface area contributed by atoms with E-state index in [0.29, 0.717) is 72.7 Å². The van der Waals surface area contributed by atoms with Crippen molar-refractivity contribution in [2.75, 3.05) is 44.6 Å². The Morgan fingerprint density at radius 2 is 1.67 bits per heavy atom. The molecule has 64 heavy (non-hydrogen) atoms. The number of hydrogen-bond acceptors (Lipinski definition) is 11. The Kier molecular flexibility index (Phi) is 12.5. The molecule has 3 aromatic carbocycles. The number of benzene rings is 3. The third kappa shape index (κ3) is 8.86. The summed E-state index contributed by atoms with van der Waals surface area (Å²) >= 11 is 0. The van der Waals surface area contributed by atoms with Crippen LogP contribution in [0.5, 0.6) is 0 Å². The molecule has 9 rings (SSSR count). The molecular formula is C47H49F2N9O6. The number of amides is 5. The number of carbonyl (C=O) groups is 5. The van der Waals surface area contributed by atoms with Gasteiger partial charge in [0.15, 0.2) is 0 Å². The number of morpholine rings is 1. The van der Waals surface area contributed by atoms with Gasteiger partial charge < -0.3 is 20.3 Å². The second-order valence-electron chi connectivity index (χ2n) is 16.8. The summed E-state index contributed by atoms with van der Waals surface area (Å²) < 4.78 is 38.4. The van der Waals surface area contributed by atoms with Crippen LogP contribution in [0.2, 0.25) is 0 Å². The third-order valence-electron chi connectivity index (χ3n) is 12.7. The Hall–Kier alpha value is -6.46. The minimum atomic E-state index is -1.02. The number of nitrogens with one attached hydrogen (secondary N) is 3. The molecule has 0 spiro atoms. The van der Waals surface area contributed by atoms with E-state index < -0.39 is 41.3 Å². The summed E-state index contributed by atoms with van der Waals surface area (Å²) in [6.45, 7) is 3.58. The van der Waals surface area contributed by atoms with Gasteiger partial charge in [-0.05, 0) is 68.0 Å². The Balaban J connectivity index is 0.732. The number of para-hydroxylation sites is 1. The number of rotatable bonds is 14. The van der Waals surface area contributed by atoms with Gasteiger partial charge in [-0.25, -0.2) is 13.8 Å². The molecule has 3 N–H and O–H groups in total. The summed E-state index contributed by atoms with van der Waals surface area (Å²) in [5.41, 5.74) is 4.42. The quantitative estimate of drug-likeness (QED) is 0.0935. The molecule has 0 radical (unpaired) electrons. The first-order chi connectivity index (χ1) is 31.1. The van der Waals surface area contributed by atoms with E-state index in [-0.39, 0.29) is 54.0 Å². The van der Waals surface area contributed by atoms with Crippen molar-refractivity contribution in [3.05, 3.63) is 95.4 Å². The fraction of sp³-hybridized carbons (Fsp3) is 0.404. The Bertz CT molecular complexity index is 2600. The maximum absolute atomic E-state index is 15.4. The van der Waals surface area contributed by atoms with Crippen LogP contribution in [0.3, 0.4) is 0 Å². The summed E-state index contributed by atoms with van der Waals surface area (Å²) in [5, 5.41) is 13.3. The van der Waals surface area contributed by atoms with Crippen LogP contribution in [0, 0.1) is 11.6 Å². The number of ether oxygens (including phenoxy) is 1. The maximum Gasteiger partial charge on any atom is 0.264 e. The topological polar surface area (TPSA) is 181 Å². The molecule has 0 bridgehead atoms. The van der Waals surface area contributed by atoms with E-state index in [1.54, 1.807) is 42.7 Å². The minimum Gasteiger partial charge on any atom is -0.384 e. The monoisotopic (exact) mass is 873 g/mol. The number of hydrogen-bond donors (Lipinski definition) is 3. The molecule has 5 aromatic rings. The average molecular weight is 874 g/mol. The van der Waals surface area contributed by atoms with Crippen LogP contribution in [-0.2, 0) is 25.5 Å². The molecule has 4 aliphatic rings. The van der Waals surface area contributed by atoms with Gasteiger partial charge in [0, 0.05) is 80.6 Å². The van der Waals surface area contributed by atoms with Gasteiger partial charge in [0.25, 0.3) is 11.8 Å². The van der Waals surface area contributed by atoms with Gasteiger partial charge in [0.2, 0.25) is 17.7 Å². The van der Waals surface area contributed by atoms with Crippen molar-refractivity contribution in [3.63, 3.8) is 0 Å². The van der Waals surface area contributed by atoms with Crippen LogP contribution in [-0.4, -0.2) is 111 Å². The van der Waals surface area contributed by atoms with Crippen LogP contribution in [0.15, 0.2) is 67.1 Å². The van der Waals surface area contributed by atoms with E-state index in [1.807, 2.05) is 21.8 Å². The van der Waals surface area contributed by atoms with Crippen LogP contribution in [0.1, 0.15) is 90.1 Å².